The summed E-state index contributed by atoms with van der Waals surface area (Å²) < 4.78 is 15.4. The number of hydrogen-bond acceptors (Lipinski definition) is 5. The number of fused-ring (bicyclic) bond motifs is 1. The molecule has 2 heterocycles. The van der Waals surface area contributed by atoms with Crippen molar-refractivity contribution in [2.45, 2.75) is 12.8 Å². The van der Waals surface area contributed by atoms with Gasteiger partial charge in [0.1, 0.15) is 11.3 Å². The highest BCUT2D eigenvalue weighted by atomic mass is 16.5. The van der Waals surface area contributed by atoms with Crippen LogP contribution in [0.5, 0.6) is 5.75 Å². The van der Waals surface area contributed by atoms with Gasteiger partial charge in [0.15, 0.2) is 0 Å². The van der Waals surface area contributed by atoms with Crippen LogP contribution in [-0.4, -0.2) is 39.3 Å². The third-order valence-electron chi connectivity index (χ3n) is 4.19. The summed E-state index contributed by atoms with van der Waals surface area (Å²) in [5.74, 6) is -0.0901. The van der Waals surface area contributed by atoms with Crippen molar-refractivity contribution >= 4 is 17.6 Å². The van der Waals surface area contributed by atoms with Crippen LogP contribution in [0.25, 0.3) is 0 Å². The summed E-state index contributed by atoms with van der Waals surface area (Å²) in [4.78, 5) is 24.1. The summed E-state index contributed by atoms with van der Waals surface area (Å²) in [5, 5.41) is 2.88. The molecule has 6 nitrogen and oxygen atoms in total. The van der Waals surface area contributed by atoms with E-state index in [0.29, 0.717) is 43.1 Å². The maximum Gasteiger partial charge on any atom is 0.341 e. The number of amides is 1. The van der Waals surface area contributed by atoms with Crippen molar-refractivity contribution in [2.75, 3.05) is 32.8 Å². The van der Waals surface area contributed by atoms with E-state index in [2.05, 4.69) is 5.32 Å². The second kappa shape index (κ2) is 5.04. The standard InChI is InChI=1S/C15H17NO5/c1-19-12-5-9-7-15(3-4-21-8-15)14(18)16-11(9)6-10(12)13(17)20-2/h5-6H,3-4,7-8H2,1-2H3,(H,16,18). The van der Waals surface area contributed by atoms with E-state index in [1.165, 1.54) is 14.2 Å². The molecule has 6 heteroatoms. The molecule has 1 aromatic carbocycles. The molecule has 0 bridgehead atoms. The zero-order chi connectivity index (χ0) is 15.0. The number of benzene rings is 1. The molecule has 2 aliphatic heterocycles. The van der Waals surface area contributed by atoms with Crippen LogP contribution in [0, 0.1) is 5.41 Å². The maximum absolute atomic E-state index is 12.3. The van der Waals surface area contributed by atoms with Crippen LogP contribution in [0.4, 0.5) is 5.69 Å². The number of ether oxygens (including phenoxy) is 3. The number of esters is 1. The Labute approximate surface area is 122 Å². The van der Waals surface area contributed by atoms with Crippen molar-refractivity contribution in [1.29, 1.82) is 0 Å². The summed E-state index contributed by atoms with van der Waals surface area (Å²) in [6.07, 6.45) is 1.30. The van der Waals surface area contributed by atoms with Crippen molar-refractivity contribution in [3.05, 3.63) is 23.3 Å². The summed E-state index contributed by atoms with van der Waals surface area (Å²) in [5.41, 5.74) is 1.39. The van der Waals surface area contributed by atoms with Crippen LogP contribution in [0.2, 0.25) is 0 Å². The monoisotopic (exact) mass is 291 g/mol. The van der Waals surface area contributed by atoms with E-state index in [1.807, 2.05) is 0 Å². The Morgan fingerprint density at radius 1 is 1.38 bits per heavy atom. The third-order valence-corrected chi connectivity index (χ3v) is 4.19. The van der Waals surface area contributed by atoms with Crippen LogP contribution in [0.3, 0.4) is 0 Å². The SMILES string of the molecule is COC(=O)c1cc2c(cc1OC)CC1(CCOC1)C(=O)N2. The molecule has 0 aliphatic carbocycles. The first-order valence-corrected chi connectivity index (χ1v) is 6.78. The first-order valence-electron chi connectivity index (χ1n) is 6.78. The minimum absolute atomic E-state index is 0.0477. The fourth-order valence-electron chi connectivity index (χ4n) is 2.95. The molecule has 0 radical (unpaired) electrons. The molecule has 1 spiro atoms. The molecule has 112 valence electrons. The Bertz CT molecular complexity index is 604. The van der Waals surface area contributed by atoms with Crippen molar-refractivity contribution in [3.8, 4) is 5.75 Å². The number of carbonyl (C=O) groups is 2. The number of hydrogen-bond donors (Lipinski definition) is 1. The Balaban J connectivity index is 2.03. The van der Waals surface area contributed by atoms with E-state index in [0.717, 1.165) is 5.56 Å². The molecule has 1 aromatic rings. The lowest BCUT2D eigenvalue weighted by Gasteiger charge is -2.32. The molecule has 0 aromatic heterocycles. The van der Waals surface area contributed by atoms with Gasteiger partial charge in [-0.3, -0.25) is 4.79 Å². The minimum atomic E-state index is -0.495. The van der Waals surface area contributed by atoms with E-state index < -0.39 is 11.4 Å². The molecule has 1 amide bonds. The quantitative estimate of drug-likeness (QED) is 0.833. The highest BCUT2D eigenvalue weighted by Gasteiger charge is 2.45. The van der Waals surface area contributed by atoms with E-state index >= 15 is 0 Å². The predicted molar refractivity (Wildman–Crippen MR) is 74.5 cm³/mol. The van der Waals surface area contributed by atoms with Crippen molar-refractivity contribution < 1.29 is 23.8 Å². The van der Waals surface area contributed by atoms with E-state index in [9.17, 15) is 9.59 Å². The van der Waals surface area contributed by atoms with E-state index in [-0.39, 0.29) is 5.91 Å². The van der Waals surface area contributed by atoms with E-state index in [1.54, 1.807) is 12.1 Å². The van der Waals surface area contributed by atoms with Gasteiger partial charge in [0.2, 0.25) is 5.91 Å². The van der Waals surface area contributed by atoms with Crippen LogP contribution >= 0.6 is 0 Å². The Hall–Kier alpha value is -2.08. The van der Waals surface area contributed by atoms with Crippen LogP contribution in [0.15, 0.2) is 12.1 Å². The molecule has 3 rings (SSSR count). The van der Waals surface area contributed by atoms with Gasteiger partial charge >= 0.3 is 5.97 Å². The zero-order valence-electron chi connectivity index (χ0n) is 12.0. The fraction of sp³-hybridized carbons (Fsp3) is 0.467. The van der Waals surface area contributed by atoms with Crippen molar-refractivity contribution in [3.63, 3.8) is 0 Å². The lowest BCUT2D eigenvalue weighted by Crippen LogP contribution is -2.42. The maximum atomic E-state index is 12.3. The van der Waals surface area contributed by atoms with Gasteiger partial charge in [0.05, 0.1) is 26.2 Å². The highest BCUT2D eigenvalue weighted by molar-refractivity contribution is 6.01. The molecule has 1 unspecified atom stereocenters. The number of nitrogens with one attached hydrogen (secondary N) is 1. The summed E-state index contributed by atoms with van der Waals surface area (Å²) in [7, 11) is 2.81. The number of anilines is 1. The van der Waals surface area contributed by atoms with Gasteiger partial charge < -0.3 is 19.5 Å². The highest BCUT2D eigenvalue weighted by Crippen LogP contribution is 2.41. The molecule has 2 aliphatic rings. The molecule has 1 fully saturated rings. The lowest BCUT2D eigenvalue weighted by atomic mass is 9.77. The first-order chi connectivity index (χ1) is 10.1. The average molecular weight is 291 g/mol. The third kappa shape index (κ3) is 2.15. The van der Waals surface area contributed by atoms with Gasteiger partial charge in [-0.25, -0.2) is 4.79 Å². The fourth-order valence-corrected chi connectivity index (χ4v) is 2.95. The summed E-state index contributed by atoms with van der Waals surface area (Å²) >= 11 is 0. The van der Waals surface area contributed by atoms with Crippen LogP contribution in [0.1, 0.15) is 22.3 Å². The molecular weight excluding hydrogens is 274 g/mol. The van der Waals surface area contributed by atoms with Crippen molar-refractivity contribution in [1.82, 2.24) is 0 Å². The van der Waals surface area contributed by atoms with Crippen LogP contribution < -0.4 is 10.1 Å². The van der Waals surface area contributed by atoms with Crippen LogP contribution in [-0.2, 0) is 20.7 Å². The summed E-state index contributed by atoms with van der Waals surface area (Å²) in [6.45, 7) is 1.03. The summed E-state index contributed by atoms with van der Waals surface area (Å²) in [6, 6.07) is 3.40. The Kier molecular flexibility index (Phi) is 3.33. The lowest BCUT2D eigenvalue weighted by molar-refractivity contribution is -0.126. The number of carbonyl (C=O) groups excluding carboxylic acids is 2. The van der Waals surface area contributed by atoms with Gasteiger partial charge in [0.25, 0.3) is 0 Å². The second-order valence-electron chi connectivity index (χ2n) is 5.42. The minimum Gasteiger partial charge on any atom is -0.496 e. The molecule has 1 N–H and O–H groups in total. The second-order valence-corrected chi connectivity index (χ2v) is 5.42. The zero-order valence-corrected chi connectivity index (χ0v) is 12.0. The van der Waals surface area contributed by atoms with Gasteiger partial charge in [-0.15, -0.1) is 0 Å². The van der Waals surface area contributed by atoms with Gasteiger partial charge in [-0.2, -0.15) is 0 Å². The largest absolute Gasteiger partial charge is 0.496 e. The van der Waals surface area contributed by atoms with Gasteiger partial charge in [-0.1, -0.05) is 0 Å². The Morgan fingerprint density at radius 3 is 2.81 bits per heavy atom. The normalized spacial score (nSPS) is 23.6. The number of methoxy groups -OCH3 is 2. The van der Waals surface area contributed by atoms with Gasteiger partial charge in [-0.05, 0) is 30.5 Å². The topological polar surface area (TPSA) is 73.9 Å². The van der Waals surface area contributed by atoms with Gasteiger partial charge in [0, 0.05) is 12.3 Å². The number of rotatable bonds is 2. The average Bonchev–Trinajstić information content (AvgIpc) is 2.96. The molecule has 0 saturated carbocycles. The first kappa shape index (κ1) is 13.9. The molecule has 21 heavy (non-hydrogen) atoms. The smallest absolute Gasteiger partial charge is 0.341 e. The molecule has 1 atom stereocenters. The van der Waals surface area contributed by atoms with E-state index in [4.69, 9.17) is 14.2 Å². The molecule has 1 saturated heterocycles. The van der Waals surface area contributed by atoms with Crippen molar-refractivity contribution in [2.24, 2.45) is 5.41 Å². The predicted octanol–water partition coefficient (Wildman–Crippen LogP) is 1.38. The molecular formula is C15H17NO5. The Morgan fingerprint density at radius 2 is 2.19 bits per heavy atom.